The minimum atomic E-state index is -3.53. The molecular weight excluding hydrogens is 340 g/mol. The zero-order valence-electron chi connectivity index (χ0n) is 14.9. The van der Waals surface area contributed by atoms with E-state index in [0.717, 1.165) is 12.8 Å². The summed E-state index contributed by atoms with van der Waals surface area (Å²) in [6.07, 6.45) is 7.25. The fourth-order valence-corrected chi connectivity index (χ4v) is 5.33. The van der Waals surface area contributed by atoms with Gasteiger partial charge in [-0.2, -0.15) is 4.31 Å². The van der Waals surface area contributed by atoms with E-state index in [1.165, 1.54) is 23.3 Å². The Kier molecular flexibility index (Phi) is 5.48. The van der Waals surface area contributed by atoms with Crippen molar-refractivity contribution >= 4 is 15.9 Å². The number of carbonyl (C=O) groups excluding carboxylic acids is 1. The molecule has 1 saturated carbocycles. The number of hydrogen-bond acceptors (Lipinski definition) is 4. The Balaban J connectivity index is 1.54. The molecule has 0 aromatic carbocycles. The van der Waals surface area contributed by atoms with Crippen LogP contribution in [-0.4, -0.2) is 47.7 Å². The molecule has 1 aliphatic heterocycles. The number of hydrogen-bond donors (Lipinski definition) is 2. The quantitative estimate of drug-likeness (QED) is 0.846. The third-order valence-corrected chi connectivity index (χ3v) is 7.77. The number of aromatic nitrogens is 2. The van der Waals surface area contributed by atoms with E-state index < -0.39 is 10.0 Å². The predicted octanol–water partition coefficient (Wildman–Crippen LogP) is 1.75. The van der Waals surface area contributed by atoms with Gasteiger partial charge in [-0.15, -0.1) is 0 Å². The maximum Gasteiger partial charge on any atom is 0.260 e. The van der Waals surface area contributed by atoms with Gasteiger partial charge in [-0.25, -0.2) is 13.4 Å². The standard InChI is InChI=1S/C17H28N4O3S/c1-12-4-3-5-15(13(12)2)20-17(22)14-6-8-21(9-7-14)25(23,24)16-10-18-11-19-16/h10-15H,3-9H2,1-2H3,(H,18,19)(H,20,22)/t12-,13+,15+/m1/s1. The molecule has 1 amide bonds. The topological polar surface area (TPSA) is 95.2 Å². The molecule has 2 heterocycles. The lowest BCUT2D eigenvalue weighted by Gasteiger charge is -2.36. The van der Waals surface area contributed by atoms with Crippen LogP contribution in [0.4, 0.5) is 0 Å². The maximum atomic E-state index is 12.6. The van der Waals surface area contributed by atoms with E-state index in [0.29, 0.717) is 37.8 Å². The molecule has 2 fully saturated rings. The minimum Gasteiger partial charge on any atom is -0.353 e. The zero-order valence-corrected chi connectivity index (χ0v) is 15.8. The second-order valence-electron chi connectivity index (χ2n) is 7.48. The van der Waals surface area contributed by atoms with Crippen molar-refractivity contribution < 1.29 is 13.2 Å². The van der Waals surface area contributed by atoms with Crippen LogP contribution in [0.3, 0.4) is 0 Å². The number of carbonyl (C=O) groups is 1. The lowest BCUT2D eigenvalue weighted by atomic mass is 9.78. The van der Waals surface area contributed by atoms with Crippen molar-refractivity contribution in [2.24, 2.45) is 17.8 Å². The number of imidazole rings is 1. The summed E-state index contributed by atoms with van der Waals surface area (Å²) in [4.78, 5) is 19.0. The average Bonchev–Trinajstić information content (AvgIpc) is 3.14. The van der Waals surface area contributed by atoms with Gasteiger partial charge in [-0.3, -0.25) is 4.79 Å². The van der Waals surface area contributed by atoms with E-state index in [1.807, 2.05) is 0 Å². The van der Waals surface area contributed by atoms with E-state index in [-0.39, 0.29) is 22.9 Å². The Hall–Kier alpha value is -1.41. The summed E-state index contributed by atoms with van der Waals surface area (Å²) in [5.74, 6) is 1.13. The highest BCUT2D eigenvalue weighted by atomic mass is 32.2. The van der Waals surface area contributed by atoms with Crippen molar-refractivity contribution in [2.45, 2.75) is 57.0 Å². The molecule has 0 spiro atoms. The van der Waals surface area contributed by atoms with Crippen molar-refractivity contribution in [3.63, 3.8) is 0 Å². The Morgan fingerprint density at radius 2 is 1.96 bits per heavy atom. The predicted molar refractivity (Wildman–Crippen MR) is 94.2 cm³/mol. The molecule has 2 N–H and O–H groups in total. The average molecular weight is 369 g/mol. The number of rotatable bonds is 4. The fourth-order valence-electron chi connectivity index (χ4n) is 3.97. The molecule has 1 aromatic rings. The van der Waals surface area contributed by atoms with Crippen molar-refractivity contribution in [2.75, 3.05) is 13.1 Å². The largest absolute Gasteiger partial charge is 0.353 e. The van der Waals surface area contributed by atoms with Crippen molar-refractivity contribution in [1.29, 1.82) is 0 Å². The van der Waals surface area contributed by atoms with Gasteiger partial charge < -0.3 is 10.3 Å². The van der Waals surface area contributed by atoms with E-state index in [2.05, 4.69) is 29.1 Å². The minimum absolute atomic E-state index is 0.0875. The highest BCUT2D eigenvalue weighted by molar-refractivity contribution is 7.89. The van der Waals surface area contributed by atoms with Gasteiger partial charge in [-0.05, 0) is 31.1 Å². The molecule has 1 saturated heterocycles. The van der Waals surface area contributed by atoms with Gasteiger partial charge in [0, 0.05) is 25.0 Å². The normalized spacial score (nSPS) is 29.4. The maximum absolute atomic E-state index is 12.6. The van der Waals surface area contributed by atoms with Crippen LogP contribution in [0.1, 0.15) is 46.0 Å². The van der Waals surface area contributed by atoms with Gasteiger partial charge >= 0.3 is 0 Å². The molecule has 140 valence electrons. The molecule has 7 nitrogen and oxygen atoms in total. The molecule has 1 aliphatic carbocycles. The second kappa shape index (κ2) is 7.45. The number of H-pyrrole nitrogens is 1. The molecule has 8 heteroatoms. The van der Waals surface area contributed by atoms with Gasteiger partial charge in [0.2, 0.25) is 5.91 Å². The highest BCUT2D eigenvalue weighted by Gasteiger charge is 2.35. The molecule has 1 aromatic heterocycles. The summed E-state index contributed by atoms with van der Waals surface area (Å²) < 4.78 is 26.4. The smallest absolute Gasteiger partial charge is 0.260 e. The third kappa shape index (κ3) is 3.89. The Bertz CT molecular complexity index is 681. The number of aromatic amines is 1. The van der Waals surface area contributed by atoms with Gasteiger partial charge in [0.15, 0.2) is 5.03 Å². The Morgan fingerprint density at radius 3 is 2.60 bits per heavy atom. The van der Waals surface area contributed by atoms with Crippen LogP contribution in [-0.2, 0) is 14.8 Å². The van der Waals surface area contributed by atoms with Gasteiger partial charge in [0.1, 0.15) is 0 Å². The molecule has 0 bridgehead atoms. The summed E-state index contributed by atoms with van der Waals surface area (Å²) in [5.41, 5.74) is 0. The first-order chi connectivity index (χ1) is 11.9. The van der Waals surface area contributed by atoms with Crippen molar-refractivity contribution in [3.05, 3.63) is 12.5 Å². The van der Waals surface area contributed by atoms with Crippen LogP contribution < -0.4 is 5.32 Å². The SMILES string of the molecule is C[C@H]1[C@H](C)CCC[C@@H]1NC(=O)C1CCN(S(=O)(=O)c2cnc[nH]2)CC1. The van der Waals surface area contributed by atoms with Crippen molar-refractivity contribution in [1.82, 2.24) is 19.6 Å². The summed E-state index contributed by atoms with van der Waals surface area (Å²) in [5, 5.41) is 3.34. The van der Waals surface area contributed by atoms with E-state index in [4.69, 9.17) is 0 Å². The monoisotopic (exact) mass is 368 g/mol. The summed E-state index contributed by atoms with van der Waals surface area (Å²) in [6.45, 7) is 5.21. The lowest BCUT2D eigenvalue weighted by molar-refractivity contribution is -0.127. The highest BCUT2D eigenvalue weighted by Crippen LogP contribution is 2.30. The second-order valence-corrected chi connectivity index (χ2v) is 9.38. The number of nitrogens with zero attached hydrogens (tertiary/aromatic N) is 2. The Labute approximate surface area is 149 Å². The molecule has 25 heavy (non-hydrogen) atoms. The molecular formula is C17H28N4O3S. The van der Waals surface area contributed by atoms with Gasteiger partial charge in [-0.1, -0.05) is 26.7 Å². The van der Waals surface area contributed by atoms with Crippen LogP contribution in [0.5, 0.6) is 0 Å². The first-order valence-corrected chi connectivity index (χ1v) is 10.6. The molecule has 2 aliphatic rings. The van der Waals surface area contributed by atoms with Gasteiger partial charge in [0.05, 0.1) is 12.5 Å². The number of nitrogens with one attached hydrogen (secondary N) is 2. The molecule has 0 unspecified atom stereocenters. The fraction of sp³-hybridized carbons (Fsp3) is 0.765. The van der Waals surface area contributed by atoms with Gasteiger partial charge in [0.25, 0.3) is 10.0 Å². The Morgan fingerprint density at radius 1 is 1.24 bits per heavy atom. The van der Waals surface area contributed by atoms with E-state index in [1.54, 1.807) is 0 Å². The van der Waals surface area contributed by atoms with E-state index in [9.17, 15) is 13.2 Å². The van der Waals surface area contributed by atoms with Crippen LogP contribution in [0.15, 0.2) is 17.6 Å². The number of sulfonamides is 1. The lowest BCUT2D eigenvalue weighted by Crippen LogP contribution is -2.48. The van der Waals surface area contributed by atoms with Crippen LogP contribution in [0.25, 0.3) is 0 Å². The zero-order chi connectivity index (χ0) is 18.0. The first kappa shape index (κ1) is 18.4. The number of piperidine rings is 1. The van der Waals surface area contributed by atoms with Crippen molar-refractivity contribution in [3.8, 4) is 0 Å². The number of amides is 1. The van der Waals surface area contributed by atoms with E-state index >= 15 is 0 Å². The summed E-state index contributed by atoms with van der Waals surface area (Å²) in [6, 6.07) is 0.253. The van der Waals surface area contributed by atoms with Crippen LogP contribution >= 0.6 is 0 Å². The molecule has 3 atom stereocenters. The van der Waals surface area contributed by atoms with Crippen LogP contribution in [0.2, 0.25) is 0 Å². The molecule has 3 rings (SSSR count). The molecule has 0 radical (unpaired) electrons. The van der Waals surface area contributed by atoms with Crippen LogP contribution in [0, 0.1) is 17.8 Å². The third-order valence-electron chi connectivity index (χ3n) is 5.95. The first-order valence-electron chi connectivity index (χ1n) is 9.18. The summed E-state index contributed by atoms with van der Waals surface area (Å²) >= 11 is 0. The summed E-state index contributed by atoms with van der Waals surface area (Å²) in [7, 11) is -3.53.